The summed E-state index contributed by atoms with van der Waals surface area (Å²) >= 11 is 0. The van der Waals surface area contributed by atoms with Gasteiger partial charge in [0.1, 0.15) is 11.8 Å². The molecule has 180 valence electrons. The molecule has 2 aromatic rings. The Balaban J connectivity index is 2.29. The highest BCUT2D eigenvalue weighted by Crippen LogP contribution is 2.18. The third kappa shape index (κ3) is 7.03. The number of amides is 2. The van der Waals surface area contributed by atoms with Gasteiger partial charge in [0.2, 0.25) is 21.8 Å². The van der Waals surface area contributed by atoms with Gasteiger partial charge < -0.3 is 15.0 Å². The van der Waals surface area contributed by atoms with Crippen molar-refractivity contribution in [2.24, 2.45) is 0 Å². The second-order valence-corrected chi connectivity index (χ2v) is 10.3. The van der Waals surface area contributed by atoms with Crippen molar-refractivity contribution in [2.45, 2.75) is 51.2 Å². The third-order valence-corrected chi connectivity index (χ3v) is 6.99. The van der Waals surface area contributed by atoms with E-state index in [-0.39, 0.29) is 23.4 Å². The summed E-state index contributed by atoms with van der Waals surface area (Å²) in [6.45, 7) is 6.89. The van der Waals surface area contributed by atoms with Crippen molar-refractivity contribution >= 4 is 21.8 Å². The molecule has 33 heavy (non-hydrogen) atoms. The lowest BCUT2D eigenvalue weighted by atomic mass is 10.1. The predicted molar refractivity (Wildman–Crippen MR) is 127 cm³/mol. The SMILES string of the molecule is COc1cccc(CN(C(=O)CN(C)S(=O)(=O)c2ccc(C)cc2)[C@@H](C)C(=O)NC(C)C)c1. The monoisotopic (exact) mass is 475 g/mol. The second-order valence-electron chi connectivity index (χ2n) is 8.29. The lowest BCUT2D eigenvalue weighted by molar-refractivity contribution is -0.140. The van der Waals surface area contributed by atoms with Crippen molar-refractivity contribution in [3.8, 4) is 5.75 Å². The number of methoxy groups -OCH3 is 1. The zero-order valence-corrected chi connectivity index (χ0v) is 20.8. The molecule has 8 nitrogen and oxygen atoms in total. The highest BCUT2D eigenvalue weighted by molar-refractivity contribution is 7.89. The van der Waals surface area contributed by atoms with Crippen molar-refractivity contribution in [1.29, 1.82) is 0 Å². The molecule has 1 N–H and O–H groups in total. The maximum Gasteiger partial charge on any atom is 0.243 e. The minimum Gasteiger partial charge on any atom is -0.497 e. The summed E-state index contributed by atoms with van der Waals surface area (Å²) in [5.41, 5.74) is 1.69. The van der Waals surface area contributed by atoms with Crippen molar-refractivity contribution in [3.63, 3.8) is 0 Å². The van der Waals surface area contributed by atoms with E-state index in [4.69, 9.17) is 4.74 Å². The Morgan fingerprint density at radius 1 is 1.06 bits per heavy atom. The van der Waals surface area contributed by atoms with Gasteiger partial charge in [-0.3, -0.25) is 9.59 Å². The van der Waals surface area contributed by atoms with Gasteiger partial charge >= 0.3 is 0 Å². The quantitative estimate of drug-likeness (QED) is 0.570. The lowest BCUT2D eigenvalue weighted by Crippen LogP contribution is -2.51. The molecular formula is C24H33N3O5S. The van der Waals surface area contributed by atoms with E-state index < -0.39 is 28.5 Å². The van der Waals surface area contributed by atoms with Crippen LogP contribution in [0, 0.1) is 6.92 Å². The van der Waals surface area contributed by atoms with Gasteiger partial charge in [0.25, 0.3) is 0 Å². The van der Waals surface area contributed by atoms with Gasteiger partial charge in [-0.15, -0.1) is 0 Å². The molecule has 9 heteroatoms. The van der Waals surface area contributed by atoms with Crippen LogP contribution in [0.5, 0.6) is 5.75 Å². The van der Waals surface area contributed by atoms with E-state index in [1.54, 1.807) is 44.4 Å². The number of nitrogens with zero attached hydrogens (tertiary/aromatic N) is 2. The van der Waals surface area contributed by atoms with Gasteiger partial charge in [-0.2, -0.15) is 4.31 Å². The number of carbonyl (C=O) groups excluding carboxylic acids is 2. The molecular weight excluding hydrogens is 442 g/mol. The van der Waals surface area contributed by atoms with Gasteiger partial charge in [0, 0.05) is 19.6 Å². The molecule has 1 atom stereocenters. The molecule has 0 bridgehead atoms. The molecule has 0 radical (unpaired) electrons. The Morgan fingerprint density at radius 3 is 2.27 bits per heavy atom. The molecule has 0 saturated carbocycles. The van der Waals surface area contributed by atoms with Gasteiger partial charge in [0.15, 0.2) is 0 Å². The second kappa shape index (κ2) is 11.3. The number of rotatable bonds is 10. The van der Waals surface area contributed by atoms with Crippen LogP contribution in [0.3, 0.4) is 0 Å². The number of aryl methyl sites for hydroxylation is 1. The maximum absolute atomic E-state index is 13.3. The first-order valence-corrected chi connectivity index (χ1v) is 12.2. The first-order valence-electron chi connectivity index (χ1n) is 10.7. The zero-order valence-electron chi connectivity index (χ0n) is 20.0. The van der Waals surface area contributed by atoms with Crippen LogP contribution in [0.1, 0.15) is 31.9 Å². The van der Waals surface area contributed by atoms with Crippen molar-refractivity contribution in [3.05, 3.63) is 59.7 Å². The van der Waals surface area contributed by atoms with E-state index in [0.29, 0.717) is 5.75 Å². The van der Waals surface area contributed by atoms with E-state index >= 15 is 0 Å². The van der Waals surface area contributed by atoms with Crippen LogP contribution in [-0.2, 0) is 26.2 Å². The smallest absolute Gasteiger partial charge is 0.243 e. The van der Waals surface area contributed by atoms with Crippen LogP contribution in [0.15, 0.2) is 53.4 Å². The average Bonchev–Trinajstić information content (AvgIpc) is 2.76. The number of hydrogen-bond donors (Lipinski definition) is 1. The Bertz CT molecular complexity index is 1070. The van der Waals surface area contributed by atoms with Crippen LogP contribution >= 0.6 is 0 Å². The van der Waals surface area contributed by atoms with Gasteiger partial charge in [-0.25, -0.2) is 8.42 Å². The molecule has 0 aliphatic heterocycles. The maximum atomic E-state index is 13.3. The molecule has 0 aliphatic carbocycles. The molecule has 0 saturated heterocycles. The highest BCUT2D eigenvalue weighted by atomic mass is 32.2. The Hall–Kier alpha value is -2.91. The standard InChI is InChI=1S/C24H33N3O5S/c1-17(2)25-24(29)19(4)27(15-20-8-7-9-21(14-20)32-6)23(28)16-26(5)33(30,31)22-12-10-18(3)11-13-22/h7-14,17,19H,15-16H2,1-6H3,(H,25,29)/t19-/m0/s1. The molecule has 0 aromatic heterocycles. The van der Waals surface area contributed by atoms with E-state index in [2.05, 4.69) is 5.32 Å². The summed E-state index contributed by atoms with van der Waals surface area (Å²) in [6, 6.07) is 12.7. The number of ether oxygens (including phenoxy) is 1. The summed E-state index contributed by atoms with van der Waals surface area (Å²) in [6.07, 6.45) is 0. The first kappa shape index (κ1) is 26.3. The summed E-state index contributed by atoms with van der Waals surface area (Å²) < 4.78 is 32.2. The van der Waals surface area contributed by atoms with E-state index in [1.165, 1.54) is 24.1 Å². The molecule has 0 spiro atoms. The number of benzene rings is 2. The molecule has 0 unspecified atom stereocenters. The third-order valence-electron chi connectivity index (χ3n) is 5.17. The number of likely N-dealkylation sites (N-methyl/N-ethyl adjacent to an activating group) is 1. The van der Waals surface area contributed by atoms with Crippen molar-refractivity contribution < 1.29 is 22.7 Å². The topological polar surface area (TPSA) is 96.0 Å². The lowest BCUT2D eigenvalue weighted by Gasteiger charge is -2.31. The predicted octanol–water partition coefficient (Wildman–Crippen LogP) is 2.57. The molecule has 2 amide bonds. The zero-order chi connectivity index (χ0) is 24.8. The molecule has 0 heterocycles. The van der Waals surface area contributed by atoms with E-state index in [0.717, 1.165) is 15.4 Å². The van der Waals surface area contributed by atoms with Crippen LogP contribution in [0.2, 0.25) is 0 Å². The fourth-order valence-corrected chi connectivity index (χ4v) is 4.33. The summed E-state index contributed by atoms with van der Waals surface area (Å²) in [5.74, 6) is -0.175. The fourth-order valence-electron chi connectivity index (χ4n) is 3.21. The number of sulfonamides is 1. The van der Waals surface area contributed by atoms with Gasteiger partial charge in [0.05, 0.1) is 18.6 Å². The van der Waals surface area contributed by atoms with Gasteiger partial charge in [-0.1, -0.05) is 29.8 Å². The Morgan fingerprint density at radius 2 is 1.70 bits per heavy atom. The minimum atomic E-state index is -3.87. The largest absolute Gasteiger partial charge is 0.497 e. The van der Waals surface area contributed by atoms with Crippen LogP contribution < -0.4 is 10.1 Å². The van der Waals surface area contributed by atoms with Crippen LogP contribution in [0.25, 0.3) is 0 Å². The number of carbonyl (C=O) groups is 2. The Labute approximate surface area is 196 Å². The summed E-state index contributed by atoms with van der Waals surface area (Å²) in [5, 5.41) is 2.81. The highest BCUT2D eigenvalue weighted by Gasteiger charge is 2.30. The molecule has 2 aromatic carbocycles. The normalized spacial score (nSPS) is 12.5. The number of hydrogen-bond acceptors (Lipinski definition) is 5. The van der Waals surface area contributed by atoms with Crippen molar-refractivity contribution in [2.75, 3.05) is 20.7 Å². The minimum absolute atomic E-state index is 0.0988. The van der Waals surface area contributed by atoms with Crippen LogP contribution in [0.4, 0.5) is 0 Å². The van der Waals surface area contributed by atoms with E-state index in [9.17, 15) is 18.0 Å². The molecule has 0 aliphatic rings. The fraction of sp³-hybridized carbons (Fsp3) is 0.417. The summed E-state index contributed by atoms with van der Waals surface area (Å²) in [4.78, 5) is 27.5. The molecule has 0 fully saturated rings. The van der Waals surface area contributed by atoms with Crippen molar-refractivity contribution in [1.82, 2.24) is 14.5 Å². The molecule has 2 rings (SSSR count). The first-order chi connectivity index (χ1) is 15.4. The average molecular weight is 476 g/mol. The number of nitrogens with one attached hydrogen (secondary N) is 1. The van der Waals surface area contributed by atoms with E-state index in [1.807, 2.05) is 26.8 Å². The summed E-state index contributed by atoms with van der Waals surface area (Å²) in [7, 11) is -0.963. The Kier molecular flexibility index (Phi) is 9.01. The van der Waals surface area contributed by atoms with Gasteiger partial charge in [-0.05, 0) is 57.5 Å². The van der Waals surface area contributed by atoms with Crippen LogP contribution in [-0.4, -0.2) is 62.2 Å².